The van der Waals surface area contributed by atoms with Crippen LogP contribution in [0.25, 0.3) is 0 Å². The SMILES string of the molecule is CCC(=O)CC(=O)OC.CCC(C(C)=O)C(=O)OC.COC(=O)C(C(C)=O)C(C)=O.COC(=O)C(C)C(C)=O.COC(=O)CC#N.COC(=O)CC(C)=O.COC(=O)CS(C)(=O)=O.COC(=O)C[N+](=O)[O-]. The van der Waals surface area contributed by atoms with Crippen LogP contribution in [-0.4, -0.2) is 171 Å². The number of ether oxygens (including phenoxy) is 8. The van der Waals surface area contributed by atoms with Crippen molar-refractivity contribution in [3.05, 3.63) is 10.1 Å². The molecule has 0 aromatic rings. The van der Waals surface area contributed by atoms with Crippen LogP contribution >= 0.6 is 0 Å². The van der Waals surface area contributed by atoms with E-state index in [1.54, 1.807) is 19.9 Å². The van der Waals surface area contributed by atoms with Crippen LogP contribution in [0.4, 0.5) is 0 Å². The summed E-state index contributed by atoms with van der Waals surface area (Å²) in [5, 5.41) is 17.3. The van der Waals surface area contributed by atoms with Crippen molar-refractivity contribution < 1.29 is 118 Å². The van der Waals surface area contributed by atoms with Crippen LogP contribution in [0.1, 0.15) is 87.5 Å². The molecule has 0 N–H and O–H groups in total. The fraction of sp³-hybridized carbons (Fsp3) is 0.643. The van der Waals surface area contributed by atoms with Gasteiger partial charge < -0.3 is 37.9 Å². The van der Waals surface area contributed by atoms with Gasteiger partial charge in [0.25, 0.3) is 6.54 Å². The number of nitrogens with zero attached hydrogens (tertiary/aromatic N) is 2. The normalized spacial score (nSPS) is 9.76. The minimum absolute atomic E-state index is 0.0816. The van der Waals surface area contributed by atoms with Gasteiger partial charge in [-0.05, 0) is 48.0 Å². The van der Waals surface area contributed by atoms with Gasteiger partial charge in [0.15, 0.2) is 27.3 Å². The summed E-state index contributed by atoms with van der Waals surface area (Å²) in [4.78, 5) is 154. The average molecular weight is 1050 g/mol. The number of methoxy groups -OCH3 is 8. The second-order valence-electron chi connectivity index (χ2n) is 12.9. The van der Waals surface area contributed by atoms with Gasteiger partial charge >= 0.3 is 47.8 Å². The quantitative estimate of drug-likeness (QED) is 0.0592. The molecule has 408 valence electrons. The molecule has 28 nitrogen and oxygen atoms in total. The van der Waals surface area contributed by atoms with E-state index in [1.165, 1.54) is 77.1 Å². The topological polar surface area (TPSA) is 414 Å². The molecule has 0 spiro atoms. The zero-order valence-corrected chi connectivity index (χ0v) is 43.9. The number of carbonyl (C=O) groups excluding carboxylic acids is 14. The average Bonchev–Trinajstić information content (AvgIpc) is 3.28. The lowest BCUT2D eigenvalue weighted by atomic mass is 10.0. The summed E-state index contributed by atoms with van der Waals surface area (Å²) >= 11 is 0. The van der Waals surface area contributed by atoms with Crippen LogP contribution in [0, 0.1) is 39.2 Å². The van der Waals surface area contributed by atoms with Crippen LogP contribution in [0.5, 0.6) is 0 Å². The van der Waals surface area contributed by atoms with E-state index in [2.05, 4.69) is 37.9 Å². The van der Waals surface area contributed by atoms with E-state index < -0.39 is 104 Å². The molecule has 0 aliphatic rings. The number of esters is 8. The Labute approximate surface area is 412 Å². The lowest BCUT2D eigenvalue weighted by Gasteiger charge is -2.06. The molecule has 71 heavy (non-hydrogen) atoms. The lowest BCUT2D eigenvalue weighted by Crippen LogP contribution is -2.29. The van der Waals surface area contributed by atoms with Crippen molar-refractivity contribution >= 4 is 92.3 Å². The summed E-state index contributed by atoms with van der Waals surface area (Å²) in [7, 11) is 6.50. The second-order valence-corrected chi connectivity index (χ2v) is 15.0. The first kappa shape index (κ1) is 80.6. The van der Waals surface area contributed by atoms with E-state index in [0.29, 0.717) is 12.8 Å². The number of nitriles is 1. The first-order chi connectivity index (χ1) is 32.5. The van der Waals surface area contributed by atoms with Crippen LogP contribution in [0.15, 0.2) is 0 Å². The van der Waals surface area contributed by atoms with Gasteiger partial charge in [0.1, 0.15) is 60.0 Å². The first-order valence-electron chi connectivity index (χ1n) is 19.8. The maximum atomic E-state index is 10.7. The fourth-order valence-corrected chi connectivity index (χ4v) is 3.60. The number of ketones is 6. The molecule has 0 saturated heterocycles. The van der Waals surface area contributed by atoms with Gasteiger partial charge in [0, 0.05) is 17.6 Å². The third-order valence-electron chi connectivity index (χ3n) is 6.93. The van der Waals surface area contributed by atoms with E-state index in [1.807, 2.05) is 0 Å². The lowest BCUT2D eigenvalue weighted by molar-refractivity contribution is -0.470. The molecule has 2 atom stereocenters. The summed E-state index contributed by atoms with van der Waals surface area (Å²) in [5.74, 6) is -9.12. The van der Waals surface area contributed by atoms with Crippen molar-refractivity contribution in [3.8, 4) is 6.07 Å². The standard InChI is InChI=1S/C7H10O4.C7H12O3.2C6H10O3.C5H8O3.C4H5NO2.C4H8O4S.C3H5NO4/c1-4(8)6(5(2)9)7(10)11-3;1-4-6(5(2)8)7(9)10-3;1-4(5(2)7)6(8)9-3;1-3-5(7)4-6(8)9-2;1-4(6)3-5(7)8-2;1-7-4(6)2-3-5;1-8-4(5)3-9(2,6)7;1-8-3(5)2-4(6)7/h6H,1-3H3;6H,4H2,1-3H3;4H,1-3H3;3-4H2,1-2H3;3H2,1-2H3;2H2,1H3;3H2,1-2H3;2H2,1H3. The molecule has 0 aromatic carbocycles. The Hall–Kier alpha value is -7.38. The molecular weight excluding hydrogens is 981 g/mol. The number of nitro groups is 1. The Balaban J connectivity index is -0.000000107. The molecule has 0 aromatic heterocycles. The Morgan fingerprint density at radius 1 is 0.549 bits per heavy atom. The molecular formula is C42H68N2O26S. The van der Waals surface area contributed by atoms with Gasteiger partial charge in [0.2, 0.25) is 0 Å². The smallest absolute Gasteiger partial charge is 0.378 e. The van der Waals surface area contributed by atoms with Gasteiger partial charge in [-0.25, -0.2) is 13.2 Å². The molecule has 0 aliphatic heterocycles. The van der Waals surface area contributed by atoms with Gasteiger partial charge in [-0.3, -0.25) is 72.4 Å². The summed E-state index contributed by atoms with van der Waals surface area (Å²) in [5.41, 5.74) is 0. The van der Waals surface area contributed by atoms with E-state index in [4.69, 9.17) is 5.26 Å². The van der Waals surface area contributed by atoms with E-state index in [9.17, 15) is 85.7 Å². The Kier molecular flexibility index (Phi) is 57.4. The maximum Gasteiger partial charge on any atom is 0.378 e. The van der Waals surface area contributed by atoms with Gasteiger partial charge in [-0.1, -0.05) is 13.8 Å². The Bertz CT molecular complexity index is 1840. The molecule has 0 bridgehead atoms. The Morgan fingerprint density at radius 3 is 1.07 bits per heavy atom. The second kappa shape index (κ2) is 50.5. The molecule has 2 unspecified atom stereocenters. The van der Waals surface area contributed by atoms with Crippen LogP contribution in [0.3, 0.4) is 0 Å². The molecule has 0 aliphatic carbocycles. The zero-order chi connectivity index (χ0) is 58.2. The monoisotopic (exact) mass is 1050 g/mol. The third kappa shape index (κ3) is 62.6. The molecule has 0 radical (unpaired) electrons. The minimum atomic E-state index is -3.21. The minimum Gasteiger partial charge on any atom is -0.469 e. The van der Waals surface area contributed by atoms with Crippen molar-refractivity contribution in [2.45, 2.75) is 87.5 Å². The molecule has 29 heteroatoms. The zero-order valence-electron chi connectivity index (χ0n) is 43.1. The molecule has 0 rings (SSSR count). The molecule has 0 heterocycles. The van der Waals surface area contributed by atoms with E-state index in [0.717, 1.165) is 27.6 Å². The highest BCUT2D eigenvalue weighted by molar-refractivity contribution is 7.91. The summed E-state index contributed by atoms with van der Waals surface area (Å²) in [6.45, 7) is 10.7. The van der Waals surface area contributed by atoms with Crippen molar-refractivity contribution in [2.24, 2.45) is 17.8 Å². The predicted octanol–water partition coefficient (Wildman–Crippen LogP) is 0.493. The van der Waals surface area contributed by atoms with Gasteiger partial charge in [-0.15, -0.1) is 0 Å². The van der Waals surface area contributed by atoms with Crippen molar-refractivity contribution in [1.29, 1.82) is 5.26 Å². The number of carbonyl (C=O) groups is 14. The van der Waals surface area contributed by atoms with Crippen molar-refractivity contribution in [1.82, 2.24) is 0 Å². The fourth-order valence-electron chi connectivity index (χ4n) is 3.05. The highest BCUT2D eigenvalue weighted by atomic mass is 32.2. The summed E-state index contributed by atoms with van der Waals surface area (Å²) < 4.78 is 54.3. The largest absolute Gasteiger partial charge is 0.469 e. The number of Topliss-reactive ketones (excluding diaryl/α,β-unsaturated/α-hetero) is 6. The van der Waals surface area contributed by atoms with Crippen molar-refractivity contribution in [2.75, 3.05) is 75.4 Å². The summed E-state index contributed by atoms with van der Waals surface area (Å²) in [6, 6.07) is 1.64. The van der Waals surface area contributed by atoms with Crippen molar-refractivity contribution in [3.63, 3.8) is 0 Å². The van der Waals surface area contributed by atoms with Crippen LogP contribution in [0.2, 0.25) is 0 Å². The summed E-state index contributed by atoms with van der Waals surface area (Å²) in [6.07, 6.45) is 1.53. The molecule has 0 saturated carbocycles. The first-order valence-corrected chi connectivity index (χ1v) is 21.9. The number of rotatable bonds is 18. The number of hydrogen-bond donors (Lipinski definition) is 0. The highest BCUT2D eigenvalue weighted by Crippen LogP contribution is 2.05. The predicted molar refractivity (Wildman–Crippen MR) is 242 cm³/mol. The Morgan fingerprint density at radius 2 is 0.930 bits per heavy atom. The van der Waals surface area contributed by atoms with Crippen LogP contribution < -0.4 is 0 Å². The van der Waals surface area contributed by atoms with E-state index >= 15 is 0 Å². The molecule has 0 amide bonds. The van der Waals surface area contributed by atoms with Crippen LogP contribution in [-0.2, 0) is 115 Å². The number of hydrogen-bond acceptors (Lipinski definition) is 27. The van der Waals surface area contributed by atoms with Gasteiger partial charge in [0.05, 0.1) is 62.9 Å². The van der Waals surface area contributed by atoms with E-state index in [-0.39, 0.29) is 42.4 Å². The highest BCUT2D eigenvalue weighted by Gasteiger charge is 2.28. The molecule has 0 fully saturated rings. The van der Waals surface area contributed by atoms with Gasteiger partial charge in [-0.2, -0.15) is 5.26 Å². The maximum absolute atomic E-state index is 10.7. The third-order valence-corrected chi connectivity index (χ3v) is 7.69. The number of sulfone groups is 1.